The quantitative estimate of drug-likeness (QED) is 0.594. The number of hydrogen-bond acceptors (Lipinski definition) is 1. The SMILES string of the molecule is CCC(CC)OC(C)=C(C)Cl. The van der Waals surface area contributed by atoms with Crippen LogP contribution >= 0.6 is 11.6 Å². The normalized spacial score (nSPS) is 13.3. The molecule has 0 aliphatic heterocycles. The van der Waals surface area contributed by atoms with Crippen molar-refractivity contribution in [3.8, 4) is 0 Å². The molecule has 0 atom stereocenters. The summed E-state index contributed by atoms with van der Waals surface area (Å²) in [6.45, 7) is 7.98. The van der Waals surface area contributed by atoms with Crippen molar-refractivity contribution in [3.63, 3.8) is 0 Å². The standard InChI is InChI=1S/C9H17ClO/c1-5-9(6-2)11-8(4)7(3)10/h9H,5-6H2,1-4H3. The highest BCUT2D eigenvalue weighted by atomic mass is 35.5. The molecular formula is C9H17ClO. The van der Waals surface area contributed by atoms with Crippen LogP contribution < -0.4 is 0 Å². The van der Waals surface area contributed by atoms with Gasteiger partial charge in [-0.25, -0.2) is 0 Å². The maximum atomic E-state index is 5.74. The Morgan fingerprint density at radius 3 is 2.00 bits per heavy atom. The fourth-order valence-electron chi connectivity index (χ4n) is 0.787. The third-order valence-corrected chi connectivity index (χ3v) is 2.01. The Morgan fingerprint density at radius 2 is 1.73 bits per heavy atom. The lowest BCUT2D eigenvalue weighted by atomic mass is 10.2. The molecule has 0 saturated heterocycles. The van der Waals surface area contributed by atoms with Gasteiger partial charge in [0.25, 0.3) is 0 Å². The third-order valence-electron chi connectivity index (χ3n) is 1.74. The van der Waals surface area contributed by atoms with Gasteiger partial charge in [0.15, 0.2) is 0 Å². The summed E-state index contributed by atoms with van der Waals surface area (Å²) in [6.07, 6.45) is 2.40. The molecule has 0 aromatic rings. The van der Waals surface area contributed by atoms with E-state index in [1.165, 1.54) is 0 Å². The van der Waals surface area contributed by atoms with Crippen LogP contribution in [0, 0.1) is 0 Å². The molecule has 0 unspecified atom stereocenters. The number of hydrogen-bond donors (Lipinski definition) is 0. The van der Waals surface area contributed by atoms with E-state index in [2.05, 4.69) is 13.8 Å². The van der Waals surface area contributed by atoms with Gasteiger partial charge in [-0.05, 0) is 26.7 Å². The van der Waals surface area contributed by atoms with E-state index in [-0.39, 0.29) is 0 Å². The van der Waals surface area contributed by atoms with Gasteiger partial charge in [-0.1, -0.05) is 25.4 Å². The van der Waals surface area contributed by atoms with E-state index >= 15 is 0 Å². The molecule has 0 N–H and O–H groups in total. The summed E-state index contributed by atoms with van der Waals surface area (Å²) in [4.78, 5) is 0. The van der Waals surface area contributed by atoms with E-state index in [1.807, 2.05) is 13.8 Å². The Balaban J connectivity index is 3.91. The fourth-order valence-corrected chi connectivity index (χ4v) is 0.831. The van der Waals surface area contributed by atoms with E-state index in [9.17, 15) is 0 Å². The van der Waals surface area contributed by atoms with Gasteiger partial charge in [0.05, 0.1) is 11.1 Å². The summed E-state index contributed by atoms with van der Waals surface area (Å²) < 4.78 is 5.56. The highest BCUT2D eigenvalue weighted by Gasteiger charge is 2.04. The minimum absolute atomic E-state index is 0.323. The van der Waals surface area contributed by atoms with Crippen LogP contribution in [0.1, 0.15) is 40.5 Å². The van der Waals surface area contributed by atoms with Crippen LogP contribution in [0.3, 0.4) is 0 Å². The predicted octanol–water partition coefficient (Wildman–Crippen LogP) is 3.68. The van der Waals surface area contributed by atoms with Gasteiger partial charge >= 0.3 is 0 Å². The van der Waals surface area contributed by atoms with Crippen LogP contribution in [0.2, 0.25) is 0 Å². The topological polar surface area (TPSA) is 9.23 Å². The monoisotopic (exact) mass is 176 g/mol. The molecule has 66 valence electrons. The van der Waals surface area contributed by atoms with Gasteiger partial charge < -0.3 is 4.74 Å². The zero-order valence-corrected chi connectivity index (χ0v) is 8.53. The van der Waals surface area contributed by atoms with Gasteiger partial charge in [0.1, 0.15) is 5.76 Å². The van der Waals surface area contributed by atoms with Crippen LogP contribution in [0.5, 0.6) is 0 Å². The summed E-state index contributed by atoms with van der Waals surface area (Å²) in [6, 6.07) is 0. The molecule has 0 aromatic heterocycles. The first-order valence-electron chi connectivity index (χ1n) is 4.11. The lowest BCUT2D eigenvalue weighted by molar-refractivity contribution is 0.109. The van der Waals surface area contributed by atoms with Crippen molar-refractivity contribution < 1.29 is 4.74 Å². The smallest absolute Gasteiger partial charge is 0.107 e. The van der Waals surface area contributed by atoms with Gasteiger partial charge in [0, 0.05) is 0 Å². The second-order valence-electron chi connectivity index (χ2n) is 2.65. The van der Waals surface area contributed by atoms with Crippen LogP contribution in [0.25, 0.3) is 0 Å². The average molecular weight is 177 g/mol. The maximum Gasteiger partial charge on any atom is 0.107 e. The Hall–Kier alpha value is -0.170. The predicted molar refractivity (Wildman–Crippen MR) is 49.7 cm³/mol. The lowest BCUT2D eigenvalue weighted by Crippen LogP contribution is -2.08. The average Bonchev–Trinajstić information content (AvgIpc) is 1.99. The van der Waals surface area contributed by atoms with Gasteiger partial charge in [-0.2, -0.15) is 0 Å². The van der Waals surface area contributed by atoms with E-state index < -0.39 is 0 Å². The van der Waals surface area contributed by atoms with Crippen LogP contribution in [0.4, 0.5) is 0 Å². The van der Waals surface area contributed by atoms with Crippen molar-refractivity contribution in [2.75, 3.05) is 0 Å². The third kappa shape index (κ3) is 4.31. The zero-order chi connectivity index (χ0) is 8.85. The van der Waals surface area contributed by atoms with Crippen molar-refractivity contribution in [3.05, 3.63) is 10.8 Å². The van der Waals surface area contributed by atoms with E-state index in [0.717, 1.165) is 23.6 Å². The maximum absolute atomic E-state index is 5.74. The second-order valence-corrected chi connectivity index (χ2v) is 3.21. The first-order chi connectivity index (χ1) is 5.11. The summed E-state index contributed by atoms with van der Waals surface area (Å²) >= 11 is 5.74. The van der Waals surface area contributed by atoms with E-state index in [0.29, 0.717) is 6.10 Å². The molecule has 0 fully saturated rings. The van der Waals surface area contributed by atoms with Crippen LogP contribution in [-0.4, -0.2) is 6.10 Å². The Kier molecular flexibility index (Phi) is 5.39. The molecule has 1 nitrogen and oxygen atoms in total. The number of halogens is 1. The van der Waals surface area contributed by atoms with Gasteiger partial charge in [0.2, 0.25) is 0 Å². The number of ether oxygens (including phenoxy) is 1. The number of allylic oxidation sites excluding steroid dienone is 2. The minimum Gasteiger partial charge on any atom is -0.494 e. The lowest BCUT2D eigenvalue weighted by Gasteiger charge is -2.16. The largest absolute Gasteiger partial charge is 0.494 e. The first kappa shape index (κ1) is 10.8. The van der Waals surface area contributed by atoms with E-state index in [1.54, 1.807) is 0 Å². The Bertz CT molecular complexity index is 132. The molecule has 0 amide bonds. The zero-order valence-electron chi connectivity index (χ0n) is 7.78. The second kappa shape index (κ2) is 5.48. The fraction of sp³-hybridized carbons (Fsp3) is 0.778. The molecule has 0 heterocycles. The van der Waals surface area contributed by atoms with Crippen molar-refractivity contribution >= 4 is 11.6 Å². The van der Waals surface area contributed by atoms with Crippen molar-refractivity contribution in [2.24, 2.45) is 0 Å². The molecule has 0 saturated carbocycles. The summed E-state index contributed by atoms with van der Waals surface area (Å²) in [5.41, 5.74) is 0. The summed E-state index contributed by atoms with van der Waals surface area (Å²) in [7, 11) is 0. The summed E-state index contributed by atoms with van der Waals surface area (Å²) in [5, 5.41) is 0.747. The molecule has 11 heavy (non-hydrogen) atoms. The highest BCUT2D eigenvalue weighted by Crippen LogP contribution is 2.14. The molecule has 0 aromatic carbocycles. The van der Waals surface area contributed by atoms with Crippen LogP contribution in [0.15, 0.2) is 10.8 Å². The van der Waals surface area contributed by atoms with Crippen molar-refractivity contribution in [1.82, 2.24) is 0 Å². The molecule has 0 aliphatic rings. The molecule has 0 spiro atoms. The molecule has 0 rings (SSSR count). The highest BCUT2D eigenvalue weighted by molar-refractivity contribution is 6.29. The molecule has 0 aliphatic carbocycles. The molecular weight excluding hydrogens is 160 g/mol. The van der Waals surface area contributed by atoms with Crippen LogP contribution in [-0.2, 0) is 4.74 Å². The summed E-state index contributed by atoms with van der Waals surface area (Å²) in [5.74, 6) is 0.848. The van der Waals surface area contributed by atoms with Gasteiger partial charge in [-0.3, -0.25) is 0 Å². The van der Waals surface area contributed by atoms with E-state index in [4.69, 9.17) is 16.3 Å². The molecule has 2 heteroatoms. The minimum atomic E-state index is 0.323. The van der Waals surface area contributed by atoms with Crippen molar-refractivity contribution in [1.29, 1.82) is 0 Å². The van der Waals surface area contributed by atoms with Gasteiger partial charge in [-0.15, -0.1) is 0 Å². The first-order valence-corrected chi connectivity index (χ1v) is 4.49. The molecule has 0 radical (unpaired) electrons. The number of rotatable bonds is 4. The Labute approximate surface area is 74.4 Å². The van der Waals surface area contributed by atoms with Crippen molar-refractivity contribution in [2.45, 2.75) is 46.6 Å². The Morgan fingerprint density at radius 1 is 1.27 bits per heavy atom. The molecule has 0 bridgehead atoms.